The number of carbonyl (C=O) groups excluding carboxylic acids is 1. The van der Waals surface area contributed by atoms with Crippen molar-refractivity contribution in [3.8, 4) is 0 Å². The summed E-state index contributed by atoms with van der Waals surface area (Å²) in [5.74, 6) is 0.144. The van der Waals surface area contributed by atoms with Crippen molar-refractivity contribution in [1.29, 1.82) is 0 Å². The number of para-hydroxylation sites is 1. The summed E-state index contributed by atoms with van der Waals surface area (Å²) in [6.45, 7) is 0.731. The summed E-state index contributed by atoms with van der Waals surface area (Å²) < 4.78 is 27.5. The summed E-state index contributed by atoms with van der Waals surface area (Å²) in [7, 11) is -2.06. The molecule has 4 rings (SSSR count). The number of carbonyl (C=O) groups is 1. The standard InChI is InChI=1S/C19H20N2O3S/c1-20(16-7-3-2-4-8-16)25(23,24)17-12-14-6-5-11-21-18(22)10-9-15(13-17)19(14)21/h2-4,7-8,12-13H,5-6,9-11H2,1H3. The van der Waals surface area contributed by atoms with E-state index >= 15 is 0 Å². The van der Waals surface area contributed by atoms with E-state index in [0.717, 1.165) is 36.2 Å². The minimum atomic E-state index is -3.64. The molecule has 25 heavy (non-hydrogen) atoms. The van der Waals surface area contributed by atoms with Gasteiger partial charge in [-0.1, -0.05) is 18.2 Å². The third-order valence-electron chi connectivity index (χ3n) is 5.03. The Balaban J connectivity index is 1.81. The van der Waals surface area contributed by atoms with E-state index in [0.29, 0.717) is 23.4 Å². The zero-order chi connectivity index (χ0) is 17.6. The van der Waals surface area contributed by atoms with Crippen LogP contribution < -0.4 is 9.21 Å². The molecule has 0 unspecified atom stereocenters. The fraction of sp³-hybridized carbons (Fsp3) is 0.316. The summed E-state index contributed by atoms with van der Waals surface area (Å²) in [6, 6.07) is 12.6. The second-order valence-corrected chi connectivity index (χ2v) is 8.52. The first-order valence-corrected chi connectivity index (χ1v) is 9.92. The second-order valence-electron chi connectivity index (χ2n) is 6.55. The van der Waals surface area contributed by atoms with Crippen molar-refractivity contribution in [1.82, 2.24) is 0 Å². The van der Waals surface area contributed by atoms with Crippen LogP contribution >= 0.6 is 0 Å². The van der Waals surface area contributed by atoms with Gasteiger partial charge in [0.25, 0.3) is 10.0 Å². The molecule has 0 fully saturated rings. The fourth-order valence-corrected chi connectivity index (χ4v) is 5.00. The van der Waals surface area contributed by atoms with Crippen LogP contribution in [0.4, 0.5) is 11.4 Å². The Morgan fingerprint density at radius 2 is 1.68 bits per heavy atom. The molecule has 2 aromatic rings. The molecule has 0 aliphatic carbocycles. The van der Waals surface area contributed by atoms with Gasteiger partial charge in [-0.15, -0.1) is 0 Å². The normalized spacial score (nSPS) is 16.5. The zero-order valence-electron chi connectivity index (χ0n) is 14.1. The Bertz CT molecular complexity index is 921. The molecule has 5 nitrogen and oxygen atoms in total. The molecule has 0 aromatic heterocycles. The highest BCUT2D eigenvalue weighted by atomic mass is 32.2. The highest BCUT2D eigenvalue weighted by Crippen LogP contribution is 2.38. The molecule has 0 spiro atoms. The first-order valence-electron chi connectivity index (χ1n) is 8.48. The molecule has 1 amide bonds. The number of sulfonamides is 1. The number of hydrogen-bond acceptors (Lipinski definition) is 3. The molecule has 2 aromatic carbocycles. The SMILES string of the molecule is CN(c1ccccc1)S(=O)(=O)c1cc2c3c(c1)CCC(=O)N3CCC2. The Morgan fingerprint density at radius 3 is 2.40 bits per heavy atom. The Labute approximate surface area is 147 Å². The van der Waals surface area contributed by atoms with Crippen molar-refractivity contribution in [2.75, 3.05) is 22.8 Å². The number of anilines is 2. The maximum Gasteiger partial charge on any atom is 0.264 e. The van der Waals surface area contributed by atoms with E-state index in [9.17, 15) is 13.2 Å². The number of hydrogen-bond donors (Lipinski definition) is 0. The van der Waals surface area contributed by atoms with Crippen molar-refractivity contribution < 1.29 is 13.2 Å². The molecule has 2 aliphatic heterocycles. The van der Waals surface area contributed by atoms with Gasteiger partial charge in [-0.05, 0) is 54.7 Å². The minimum absolute atomic E-state index is 0.144. The van der Waals surface area contributed by atoms with Gasteiger partial charge in [0.05, 0.1) is 16.3 Å². The van der Waals surface area contributed by atoms with Crippen LogP contribution in [-0.4, -0.2) is 27.9 Å². The molecule has 0 saturated heterocycles. The molecule has 0 radical (unpaired) electrons. The molecule has 6 heteroatoms. The van der Waals surface area contributed by atoms with Crippen LogP contribution in [0.3, 0.4) is 0 Å². The summed E-state index contributed by atoms with van der Waals surface area (Å²) >= 11 is 0. The Morgan fingerprint density at radius 1 is 1.00 bits per heavy atom. The summed E-state index contributed by atoms with van der Waals surface area (Å²) in [5, 5.41) is 0. The molecular weight excluding hydrogens is 336 g/mol. The van der Waals surface area contributed by atoms with Crippen LogP contribution in [0.25, 0.3) is 0 Å². The van der Waals surface area contributed by atoms with Gasteiger partial charge in [-0.2, -0.15) is 0 Å². The monoisotopic (exact) mass is 356 g/mol. The minimum Gasteiger partial charge on any atom is -0.312 e. The predicted octanol–water partition coefficient (Wildman–Crippen LogP) is 2.74. The number of aryl methyl sites for hydroxylation is 2. The molecule has 0 atom stereocenters. The smallest absolute Gasteiger partial charge is 0.264 e. The van der Waals surface area contributed by atoms with Gasteiger partial charge in [-0.3, -0.25) is 9.10 Å². The van der Waals surface area contributed by atoms with Gasteiger partial charge < -0.3 is 4.90 Å². The first kappa shape index (κ1) is 16.1. The predicted molar refractivity (Wildman–Crippen MR) is 97.5 cm³/mol. The molecule has 0 N–H and O–H groups in total. The Hall–Kier alpha value is -2.34. The van der Waals surface area contributed by atoms with Crippen molar-refractivity contribution >= 4 is 27.3 Å². The van der Waals surface area contributed by atoms with Crippen LogP contribution in [0, 0.1) is 0 Å². The van der Waals surface area contributed by atoms with E-state index in [-0.39, 0.29) is 5.91 Å². The number of rotatable bonds is 3. The maximum absolute atomic E-state index is 13.1. The Kier molecular flexibility index (Phi) is 3.80. The van der Waals surface area contributed by atoms with Crippen molar-refractivity contribution in [2.24, 2.45) is 0 Å². The topological polar surface area (TPSA) is 57.7 Å². The lowest BCUT2D eigenvalue weighted by atomic mass is 9.92. The average molecular weight is 356 g/mol. The lowest BCUT2D eigenvalue weighted by Crippen LogP contribution is -2.39. The van der Waals surface area contributed by atoms with Crippen molar-refractivity contribution in [2.45, 2.75) is 30.6 Å². The van der Waals surface area contributed by atoms with Crippen LogP contribution in [0.2, 0.25) is 0 Å². The number of nitrogens with zero attached hydrogens (tertiary/aromatic N) is 2. The summed E-state index contributed by atoms with van der Waals surface area (Å²) in [4.78, 5) is 14.3. The van der Waals surface area contributed by atoms with E-state index < -0.39 is 10.0 Å². The molecule has 0 saturated carbocycles. The maximum atomic E-state index is 13.1. The van der Waals surface area contributed by atoms with Gasteiger partial charge >= 0.3 is 0 Å². The van der Waals surface area contributed by atoms with Gasteiger partial charge in [0, 0.05) is 20.0 Å². The van der Waals surface area contributed by atoms with Gasteiger partial charge in [-0.25, -0.2) is 8.42 Å². The van der Waals surface area contributed by atoms with E-state index in [1.54, 1.807) is 31.3 Å². The second kappa shape index (κ2) is 5.88. The molecule has 130 valence electrons. The average Bonchev–Trinajstić information content (AvgIpc) is 2.64. The summed E-state index contributed by atoms with van der Waals surface area (Å²) in [6.07, 6.45) is 2.74. The lowest BCUT2D eigenvalue weighted by molar-refractivity contribution is -0.119. The van der Waals surface area contributed by atoms with Crippen LogP contribution in [0.1, 0.15) is 24.0 Å². The molecule has 0 bridgehead atoms. The summed E-state index contributed by atoms with van der Waals surface area (Å²) in [5.41, 5.74) is 3.52. The van der Waals surface area contributed by atoms with E-state index in [1.807, 2.05) is 23.1 Å². The van der Waals surface area contributed by atoms with E-state index in [1.165, 1.54) is 4.31 Å². The third kappa shape index (κ3) is 2.61. The fourth-order valence-electron chi connectivity index (χ4n) is 3.71. The highest BCUT2D eigenvalue weighted by molar-refractivity contribution is 7.92. The van der Waals surface area contributed by atoms with Crippen molar-refractivity contribution in [3.05, 3.63) is 53.6 Å². The lowest BCUT2D eigenvalue weighted by Gasteiger charge is -2.35. The number of amides is 1. The largest absolute Gasteiger partial charge is 0.312 e. The van der Waals surface area contributed by atoms with E-state index in [4.69, 9.17) is 0 Å². The van der Waals surface area contributed by atoms with E-state index in [2.05, 4.69) is 0 Å². The van der Waals surface area contributed by atoms with Gasteiger partial charge in [0.2, 0.25) is 5.91 Å². The quantitative estimate of drug-likeness (QED) is 0.850. The van der Waals surface area contributed by atoms with Crippen LogP contribution in [0.5, 0.6) is 0 Å². The zero-order valence-corrected chi connectivity index (χ0v) is 14.9. The third-order valence-corrected chi connectivity index (χ3v) is 6.79. The van der Waals surface area contributed by atoms with Crippen LogP contribution in [0.15, 0.2) is 47.4 Å². The van der Waals surface area contributed by atoms with Crippen LogP contribution in [-0.2, 0) is 27.7 Å². The first-order chi connectivity index (χ1) is 12.0. The molecule has 2 aliphatic rings. The highest BCUT2D eigenvalue weighted by Gasteiger charge is 2.32. The van der Waals surface area contributed by atoms with Crippen molar-refractivity contribution in [3.63, 3.8) is 0 Å². The van der Waals surface area contributed by atoms with Gasteiger partial charge in [0.15, 0.2) is 0 Å². The van der Waals surface area contributed by atoms with Gasteiger partial charge in [0.1, 0.15) is 0 Å². The molecule has 2 heterocycles. The number of benzene rings is 2. The molecular formula is C19H20N2O3S.